The molecule has 0 atom stereocenters. The summed E-state index contributed by atoms with van der Waals surface area (Å²) < 4.78 is 0. The van der Waals surface area contributed by atoms with E-state index >= 15 is 0 Å². The van der Waals surface area contributed by atoms with Crippen molar-refractivity contribution in [2.24, 2.45) is 5.11 Å². The van der Waals surface area contributed by atoms with E-state index in [2.05, 4.69) is 5.11 Å². The highest BCUT2D eigenvalue weighted by Gasteiger charge is 1.90. The highest BCUT2D eigenvalue weighted by molar-refractivity contribution is 5.02. The molecular weight excluding hydrogens is 116 g/mol. The van der Waals surface area contributed by atoms with Crippen LogP contribution in [0.15, 0.2) is 16.4 Å². The number of hydrogen-bond donors (Lipinski definition) is 0. The summed E-state index contributed by atoms with van der Waals surface area (Å²) in [5.41, 5.74) is 1.85. The molecule has 0 aromatic heterocycles. The lowest BCUT2D eigenvalue weighted by atomic mass is 10.3. The Morgan fingerprint density at radius 2 is 1.78 bits per heavy atom. The Hall–Kier alpha value is -0.860. The van der Waals surface area contributed by atoms with Gasteiger partial charge in [-0.2, -0.15) is 0 Å². The maximum Gasteiger partial charge on any atom is 0.171 e. The first-order chi connectivity index (χ1) is 4.04. The average molecular weight is 128 g/mol. The minimum atomic E-state index is 0.558. The van der Waals surface area contributed by atoms with Gasteiger partial charge in [-0.05, 0) is 26.3 Å². The van der Waals surface area contributed by atoms with Crippen molar-refractivity contribution in [2.75, 3.05) is 7.05 Å². The molecule has 0 saturated heterocycles. The molecule has 52 valence electrons. The Morgan fingerprint density at radius 3 is 1.89 bits per heavy atom. The van der Waals surface area contributed by atoms with Crippen molar-refractivity contribution in [3.8, 4) is 0 Å². The molecule has 0 heterocycles. The fourth-order valence-electron chi connectivity index (χ4n) is 0.311. The van der Waals surface area contributed by atoms with Crippen LogP contribution >= 0.6 is 0 Å². The van der Waals surface area contributed by atoms with E-state index in [0.717, 1.165) is 11.3 Å². The normalized spacial score (nSPS) is 11.3. The zero-order chi connectivity index (χ0) is 7.44. The first-order valence-electron chi connectivity index (χ1n) is 2.80. The number of hydroxylamine groups is 1. The fourth-order valence-corrected chi connectivity index (χ4v) is 0.311. The first-order valence-corrected chi connectivity index (χ1v) is 2.80. The van der Waals surface area contributed by atoms with Crippen LogP contribution in [0.25, 0.3) is 0 Å². The highest BCUT2D eigenvalue weighted by Crippen LogP contribution is 2.01. The molecule has 0 spiro atoms. The van der Waals surface area contributed by atoms with E-state index in [9.17, 15) is 5.21 Å². The molecule has 3 nitrogen and oxygen atoms in total. The minimum Gasteiger partial charge on any atom is -0.600 e. The maximum absolute atomic E-state index is 10.3. The van der Waals surface area contributed by atoms with Gasteiger partial charge in [0.05, 0.1) is 0 Å². The maximum atomic E-state index is 10.3. The van der Waals surface area contributed by atoms with Crippen LogP contribution in [0, 0.1) is 5.21 Å². The zero-order valence-electron chi connectivity index (χ0n) is 6.30. The summed E-state index contributed by atoms with van der Waals surface area (Å²) in [6, 6.07) is 0. The van der Waals surface area contributed by atoms with Gasteiger partial charge in [0.25, 0.3) is 0 Å². The second-order valence-corrected chi connectivity index (χ2v) is 2.15. The van der Waals surface area contributed by atoms with Gasteiger partial charge in [-0.3, -0.25) is 0 Å². The van der Waals surface area contributed by atoms with Gasteiger partial charge >= 0.3 is 0 Å². The molecule has 9 heavy (non-hydrogen) atoms. The lowest BCUT2D eigenvalue weighted by Gasteiger charge is -1.93. The van der Waals surface area contributed by atoms with Gasteiger partial charge in [0.15, 0.2) is 7.05 Å². The topological polar surface area (TPSA) is 38.4 Å². The molecule has 0 unspecified atom stereocenters. The van der Waals surface area contributed by atoms with Crippen molar-refractivity contribution in [1.82, 2.24) is 0 Å². The van der Waals surface area contributed by atoms with Gasteiger partial charge in [0.1, 0.15) is 5.70 Å². The number of azo groups is 1. The zero-order valence-corrected chi connectivity index (χ0v) is 6.30. The van der Waals surface area contributed by atoms with E-state index < -0.39 is 0 Å². The summed E-state index contributed by atoms with van der Waals surface area (Å²) >= 11 is 0. The molecule has 3 heteroatoms. The molecule has 0 aliphatic heterocycles. The highest BCUT2D eigenvalue weighted by atomic mass is 16.5. The van der Waals surface area contributed by atoms with Crippen molar-refractivity contribution in [1.29, 1.82) is 0 Å². The van der Waals surface area contributed by atoms with E-state index in [4.69, 9.17) is 0 Å². The van der Waals surface area contributed by atoms with Gasteiger partial charge in [0, 0.05) is 5.11 Å². The Morgan fingerprint density at radius 1 is 1.33 bits per heavy atom. The van der Waals surface area contributed by atoms with E-state index in [1.165, 1.54) is 7.05 Å². The first kappa shape index (κ1) is 8.14. The molecule has 0 aliphatic rings. The van der Waals surface area contributed by atoms with E-state index in [-0.39, 0.29) is 0 Å². The van der Waals surface area contributed by atoms with Crippen LogP contribution in [-0.2, 0) is 0 Å². The lowest BCUT2D eigenvalue weighted by molar-refractivity contribution is -0.495. The standard InChI is InChI=1S/C6H12N2O/c1-5(2)6(3)7-8(4)9/h1-4H3. The smallest absolute Gasteiger partial charge is 0.171 e. The number of allylic oxidation sites excluding steroid dienone is 2. The Kier molecular flexibility index (Phi) is 2.91. The molecule has 0 bridgehead atoms. The molecule has 0 aromatic rings. The van der Waals surface area contributed by atoms with Crippen LogP contribution in [0.5, 0.6) is 0 Å². The van der Waals surface area contributed by atoms with Crippen LogP contribution in [0.4, 0.5) is 0 Å². The SMILES string of the molecule is CC(C)=C(C)N=[N+](C)[O-]. The summed E-state index contributed by atoms with van der Waals surface area (Å²) in [5, 5.41) is 13.9. The van der Waals surface area contributed by atoms with E-state index in [1.54, 1.807) is 0 Å². The van der Waals surface area contributed by atoms with E-state index in [1.807, 2.05) is 20.8 Å². The third-order valence-electron chi connectivity index (χ3n) is 1.01. The number of rotatable bonds is 1. The summed E-state index contributed by atoms with van der Waals surface area (Å²) in [7, 11) is 1.37. The van der Waals surface area contributed by atoms with Gasteiger partial charge in [-0.25, -0.2) is 0 Å². The predicted molar refractivity (Wildman–Crippen MR) is 36.0 cm³/mol. The second kappa shape index (κ2) is 3.22. The van der Waals surface area contributed by atoms with Crippen molar-refractivity contribution in [3.63, 3.8) is 0 Å². The van der Waals surface area contributed by atoms with Gasteiger partial charge in [0.2, 0.25) is 0 Å². The molecule has 0 rings (SSSR count). The average Bonchev–Trinajstić information content (AvgIpc) is 1.63. The van der Waals surface area contributed by atoms with Crippen molar-refractivity contribution in [3.05, 3.63) is 16.5 Å². The largest absolute Gasteiger partial charge is 0.600 e. The van der Waals surface area contributed by atoms with Gasteiger partial charge in [-0.15, -0.1) is 0 Å². The van der Waals surface area contributed by atoms with Crippen molar-refractivity contribution < 1.29 is 4.86 Å². The molecule has 0 aliphatic carbocycles. The molecular formula is C6H12N2O. The van der Waals surface area contributed by atoms with Crippen LogP contribution < -0.4 is 0 Å². The predicted octanol–water partition coefficient (Wildman–Crippen LogP) is 1.89. The Labute approximate surface area is 55.3 Å². The van der Waals surface area contributed by atoms with Gasteiger partial charge < -0.3 is 5.21 Å². The summed E-state index contributed by atoms with van der Waals surface area (Å²) in [5.74, 6) is 0. The summed E-state index contributed by atoms with van der Waals surface area (Å²) in [6.45, 7) is 5.65. The van der Waals surface area contributed by atoms with Crippen LogP contribution in [0.1, 0.15) is 20.8 Å². The summed E-state index contributed by atoms with van der Waals surface area (Å²) in [4.78, 5) is 0.558. The Balaban J connectivity index is 4.25. The molecule has 0 fully saturated rings. The second-order valence-electron chi connectivity index (χ2n) is 2.15. The van der Waals surface area contributed by atoms with Crippen LogP contribution in [0.3, 0.4) is 0 Å². The van der Waals surface area contributed by atoms with Crippen molar-refractivity contribution >= 4 is 0 Å². The molecule has 0 amide bonds. The monoisotopic (exact) mass is 128 g/mol. The lowest BCUT2D eigenvalue weighted by Crippen LogP contribution is -1.89. The van der Waals surface area contributed by atoms with Gasteiger partial charge in [-0.1, -0.05) is 4.86 Å². The fraction of sp³-hybridized carbons (Fsp3) is 0.667. The quantitative estimate of drug-likeness (QED) is 0.302. The van der Waals surface area contributed by atoms with Crippen LogP contribution in [-0.4, -0.2) is 11.9 Å². The van der Waals surface area contributed by atoms with Crippen LogP contribution in [0.2, 0.25) is 0 Å². The molecule has 0 saturated carbocycles. The number of hydrogen-bond acceptors (Lipinski definition) is 2. The molecule has 0 aromatic carbocycles. The van der Waals surface area contributed by atoms with Crippen molar-refractivity contribution in [2.45, 2.75) is 20.8 Å². The summed E-state index contributed by atoms with van der Waals surface area (Å²) in [6.07, 6.45) is 0. The molecule has 0 radical (unpaired) electrons. The Bertz CT molecular complexity index is 150. The number of nitrogens with zero attached hydrogens (tertiary/aromatic N) is 2. The minimum absolute atomic E-state index is 0.558. The molecule has 0 N–H and O–H groups in total. The van der Waals surface area contributed by atoms with E-state index in [0.29, 0.717) is 4.86 Å². The third-order valence-corrected chi connectivity index (χ3v) is 1.01. The third kappa shape index (κ3) is 3.70.